The summed E-state index contributed by atoms with van der Waals surface area (Å²) in [6, 6.07) is 3.92. The largest absolute Gasteiger partial charge is 0.273 e. The summed E-state index contributed by atoms with van der Waals surface area (Å²) >= 11 is 3.45. The van der Waals surface area contributed by atoms with Gasteiger partial charge in [0.15, 0.2) is 0 Å². The summed E-state index contributed by atoms with van der Waals surface area (Å²) in [6.07, 6.45) is 2.64. The lowest BCUT2D eigenvalue weighted by Crippen LogP contribution is -2.37. The third-order valence-electron chi connectivity index (χ3n) is 3.48. The van der Waals surface area contributed by atoms with Gasteiger partial charge in [-0.2, -0.15) is 0 Å². The van der Waals surface area contributed by atoms with Crippen LogP contribution in [0.5, 0.6) is 0 Å². The van der Waals surface area contributed by atoms with Gasteiger partial charge in [-0.25, -0.2) is 13.1 Å². The first-order valence-corrected chi connectivity index (χ1v) is 8.63. The molecule has 2 rings (SSSR count). The standard InChI is InChI=1S/C12H15BrN2O4S/c1-8-11(15(16)17)6-3-7-12(8)20(18,19)14-10-5-2-4-9(10)13/h3,6-7,9-10,14H,2,4-5H2,1H3. The van der Waals surface area contributed by atoms with Gasteiger partial charge in [-0.05, 0) is 25.8 Å². The van der Waals surface area contributed by atoms with Gasteiger partial charge in [0.2, 0.25) is 10.0 Å². The number of sulfonamides is 1. The average molecular weight is 363 g/mol. The summed E-state index contributed by atoms with van der Waals surface area (Å²) in [5, 5.41) is 10.9. The second kappa shape index (κ2) is 5.79. The van der Waals surface area contributed by atoms with Gasteiger partial charge in [-0.3, -0.25) is 10.1 Å². The van der Waals surface area contributed by atoms with E-state index in [0.29, 0.717) is 0 Å². The second-order valence-corrected chi connectivity index (χ2v) is 7.69. The van der Waals surface area contributed by atoms with Gasteiger partial charge >= 0.3 is 0 Å². The Morgan fingerprint density at radius 2 is 2.10 bits per heavy atom. The Kier molecular flexibility index (Phi) is 4.46. The van der Waals surface area contributed by atoms with Crippen LogP contribution < -0.4 is 4.72 Å². The van der Waals surface area contributed by atoms with E-state index < -0.39 is 14.9 Å². The molecule has 1 fully saturated rings. The molecule has 2 atom stereocenters. The molecule has 0 bridgehead atoms. The minimum Gasteiger partial charge on any atom is -0.258 e. The maximum atomic E-state index is 12.4. The summed E-state index contributed by atoms with van der Waals surface area (Å²) in [5.41, 5.74) is -0.0243. The molecule has 1 aromatic rings. The van der Waals surface area contributed by atoms with E-state index in [1.165, 1.54) is 25.1 Å². The molecule has 0 aromatic heterocycles. The third kappa shape index (κ3) is 3.02. The molecule has 0 aliphatic heterocycles. The number of rotatable bonds is 4. The zero-order valence-corrected chi connectivity index (χ0v) is 13.3. The van der Waals surface area contributed by atoms with Crippen LogP contribution in [-0.2, 0) is 10.0 Å². The number of halogens is 1. The molecule has 20 heavy (non-hydrogen) atoms. The Labute approximate surface area is 125 Å². The number of nitrogens with zero attached hydrogens (tertiary/aromatic N) is 1. The summed E-state index contributed by atoms with van der Waals surface area (Å²) < 4.78 is 27.4. The zero-order valence-electron chi connectivity index (χ0n) is 10.9. The van der Waals surface area contributed by atoms with E-state index in [-0.39, 0.29) is 27.0 Å². The number of benzene rings is 1. The first-order chi connectivity index (χ1) is 9.33. The number of nitro benzene ring substituents is 1. The molecule has 0 radical (unpaired) electrons. The molecule has 1 aliphatic carbocycles. The number of nitro groups is 1. The van der Waals surface area contributed by atoms with Crippen molar-refractivity contribution in [3.05, 3.63) is 33.9 Å². The SMILES string of the molecule is Cc1c([N+](=O)[O-])cccc1S(=O)(=O)NC1CCCC1Br. The van der Waals surface area contributed by atoms with Crippen molar-refractivity contribution >= 4 is 31.6 Å². The van der Waals surface area contributed by atoms with Crippen molar-refractivity contribution in [1.29, 1.82) is 0 Å². The van der Waals surface area contributed by atoms with Gasteiger partial charge in [-0.15, -0.1) is 0 Å². The molecule has 1 N–H and O–H groups in total. The topological polar surface area (TPSA) is 89.3 Å². The predicted molar refractivity (Wildman–Crippen MR) is 78.5 cm³/mol. The lowest BCUT2D eigenvalue weighted by molar-refractivity contribution is -0.385. The molecule has 0 saturated heterocycles. The predicted octanol–water partition coefficient (Wildman–Crippen LogP) is 2.50. The minimum absolute atomic E-state index is 0.0294. The summed E-state index contributed by atoms with van der Waals surface area (Å²) in [5.74, 6) is 0. The Hall–Kier alpha value is -0.990. The molecule has 2 unspecified atom stereocenters. The molecule has 1 saturated carbocycles. The monoisotopic (exact) mass is 362 g/mol. The van der Waals surface area contributed by atoms with Crippen molar-refractivity contribution in [3.63, 3.8) is 0 Å². The van der Waals surface area contributed by atoms with E-state index in [9.17, 15) is 18.5 Å². The van der Waals surface area contributed by atoms with Crippen LogP contribution >= 0.6 is 15.9 Å². The fourth-order valence-corrected chi connectivity index (χ4v) is 4.87. The van der Waals surface area contributed by atoms with Gasteiger partial charge < -0.3 is 0 Å². The van der Waals surface area contributed by atoms with Gasteiger partial charge in [-0.1, -0.05) is 28.4 Å². The number of alkyl halides is 1. The molecule has 8 heteroatoms. The smallest absolute Gasteiger partial charge is 0.258 e. The van der Waals surface area contributed by atoms with Crippen molar-refractivity contribution < 1.29 is 13.3 Å². The lowest BCUT2D eigenvalue weighted by atomic mass is 10.2. The van der Waals surface area contributed by atoms with Crippen molar-refractivity contribution in [2.24, 2.45) is 0 Å². The molecule has 1 aromatic carbocycles. The van der Waals surface area contributed by atoms with Gasteiger partial charge in [0.1, 0.15) is 0 Å². The summed E-state index contributed by atoms with van der Waals surface area (Å²) in [4.78, 5) is 10.4. The van der Waals surface area contributed by atoms with Crippen molar-refractivity contribution in [3.8, 4) is 0 Å². The van der Waals surface area contributed by atoms with Crippen LogP contribution in [0.4, 0.5) is 5.69 Å². The fraction of sp³-hybridized carbons (Fsp3) is 0.500. The van der Waals surface area contributed by atoms with Crippen LogP contribution in [-0.4, -0.2) is 24.2 Å². The van der Waals surface area contributed by atoms with Crippen molar-refractivity contribution in [1.82, 2.24) is 4.72 Å². The fourth-order valence-electron chi connectivity index (χ4n) is 2.40. The molecule has 1 aliphatic rings. The van der Waals surface area contributed by atoms with E-state index in [0.717, 1.165) is 19.3 Å². The number of hydrogen-bond acceptors (Lipinski definition) is 4. The van der Waals surface area contributed by atoms with E-state index >= 15 is 0 Å². The van der Waals surface area contributed by atoms with Gasteiger partial charge in [0.05, 0.1) is 9.82 Å². The highest BCUT2D eigenvalue weighted by Crippen LogP contribution is 2.29. The molecule has 110 valence electrons. The Morgan fingerprint density at radius 1 is 1.40 bits per heavy atom. The first kappa shape index (κ1) is 15.4. The number of hydrogen-bond donors (Lipinski definition) is 1. The third-order valence-corrected chi connectivity index (χ3v) is 6.21. The zero-order chi connectivity index (χ0) is 14.9. The molecule has 6 nitrogen and oxygen atoms in total. The lowest BCUT2D eigenvalue weighted by Gasteiger charge is -2.17. The highest BCUT2D eigenvalue weighted by molar-refractivity contribution is 9.09. The van der Waals surface area contributed by atoms with Crippen molar-refractivity contribution in [2.45, 2.75) is 42.0 Å². The summed E-state index contributed by atoms with van der Waals surface area (Å²) in [6.45, 7) is 1.45. The van der Waals surface area contributed by atoms with Crippen LogP contribution in [0.1, 0.15) is 24.8 Å². The highest BCUT2D eigenvalue weighted by atomic mass is 79.9. The highest BCUT2D eigenvalue weighted by Gasteiger charge is 2.31. The maximum Gasteiger partial charge on any atom is 0.273 e. The Morgan fingerprint density at radius 3 is 2.65 bits per heavy atom. The van der Waals surface area contributed by atoms with Crippen LogP contribution in [0.2, 0.25) is 0 Å². The van der Waals surface area contributed by atoms with E-state index in [2.05, 4.69) is 20.7 Å². The first-order valence-electron chi connectivity index (χ1n) is 6.23. The average Bonchev–Trinajstić information content (AvgIpc) is 2.74. The van der Waals surface area contributed by atoms with Gasteiger partial charge in [0.25, 0.3) is 5.69 Å². The minimum atomic E-state index is -3.75. The Balaban J connectivity index is 2.35. The quantitative estimate of drug-likeness (QED) is 0.506. The van der Waals surface area contributed by atoms with Crippen LogP contribution in [0.25, 0.3) is 0 Å². The maximum absolute atomic E-state index is 12.4. The van der Waals surface area contributed by atoms with E-state index in [1.807, 2.05) is 0 Å². The molecule has 0 heterocycles. The number of nitrogens with one attached hydrogen (secondary N) is 1. The Bertz CT molecular complexity index is 632. The van der Waals surface area contributed by atoms with E-state index in [4.69, 9.17) is 0 Å². The molecule has 0 spiro atoms. The van der Waals surface area contributed by atoms with Gasteiger partial charge in [0, 0.05) is 22.5 Å². The van der Waals surface area contributed by atoms with Crippen LogP contribution in [0.3, 0.4) is 0 Å². The van der Waals surface area contributed by atoms with Crippen LogP contribution in [0.15, 0.2) is 23.1 Å². The second-order valence-electron chi connectivity index (χ2n) is 4.83. The normalized spacial score (nSPS) is 22.9. The van der Waals surface area contributed by atoms with Crippen molar-refractivity contribution in [2.75, 3.05) is 0 Å². The van der Waals surface area contributed by atoms with E-state index in [1.54, 1.807) is 0 Å². The molecular weight excluding hydrogens is 348 g/mol. The van der Waals surface area contributed by atoms with Crippen LogP contribution in [0, 0.1) is 17.0 Å². The molecule has 0 amide bonds. The summed E-state index contributed by atoms with van der Waals surface area (Å²) in [7, 11) is -3.75. The molecular formula is C12H15BrN2O4S.